The highest BCUT2D eigenvalue weighted by Crippen LogP contribution is 2.02. The second-order valence-electron chi connectivity index (χ2n) is 3.26. The van der Waals surface area contributed by atoms with E-state index < -0.39 is 5.78 Å². The second-order valence-corrected chi connectivity index (χ2v) is 3.26. The molecular formula is C10H14N2O2. The molecule has 1 rings (SSSR count). The van der Waals surface area contributed by atoms with Crippen LogP contribution in [0.4, 0.5) is 0 Å². The Morgan fingerprint density at radius 2 is 1.79 bits per heavy atom. The van der Waals surface area contributed by atoms with Gasteiger partial charge in [0, 0.05) is 46.2 Å². The Bertz CT molecular complexity index is 253. The molecule has 1 amide bonds. The van der Waals surface area contributed by atoms with Crippen LogP contribution in [0.5, 0.6) is 0 Å². The van der Waals surface area contributed by atoms with Crippen LogP contribution in [-0.2, 0) is 9.59 Å². The molecule has 4 heteroatoms. The van der Waals surface area contributed by atoms with E-state index in [2.05, 4.69) is 0 Å². The Morgan fingerprint density at radius 1 is 1.21 bits per heavy atom. The summed E-state index contributed by atoms with van der Waals surface area (Å²) >= 11 is 0. The van der Waals surface area contributed by atoms with Crippen molar-refractivity contribution in [3.05, 3.63) is 19.2 Å². The van der Waals surface area contributed by atoms with E-state index in [1.165, 1.54) is 6.08 Å². The molecule has 2 radical (unpaired) electrons. The normalized spacial score (nSPS) is 17.6. The van der Waals surface area contributed by atoms with Gasteiger partial charge in [-0.15, -0.1) is 0 Å². The zero-order valence-electron chi connectivity index (χ0n) is 8.27. The number of hydrogen-bond acceptors (Lipinski definition) is 3. The third-order valence-corrected chi connectivity index (χ3v) is 2.21. The van der Waals surface area contributed by atoms with Crippen molar-refractivity contribution < 1.29 is 9.59 Å². The number of carbonyl (C=O) groups is 2. The molecule has 0 aromatic carbocycles. The lowest BCUT2D eigenvalue weighted by Gasteiger charge is -2.33. The quantitative estimate of drug-likeness (QED) is 0.578. The van der Waals surface area contributed by atoms with Crippen LogP contribution in [0.1, 0.15) is 6.92 Å². The van der Waals surface area contributed by atoms with E-state index in [0.717, 1.165) is 13.1 Å². The molecule has 0 aliphatic carbocycles. The molecule has 1 aliphatic heterocycles. The first-order valence-corrected chi connectivity index (χ1v) is 4.57. The van der Waals surface area contributed by atoms with Crippen molar-refractivity contribution >= 4 is 11.7 Å². The van der Waals surface area contributed by atoms with E-state index in [1.54, 1.807) is 18.0 Å². The monoisotopic (exact) mass is 194 g/mol. The fourth-order valence-corrected chi connectivity index (χ4v) is 1.36. The zero-order valence-corrected chi connectivity index (χ0v) is 8.27. The predicted molar refractivity (Wildman–Crippen MR) is 52.3 cm³/mol. The fourth-order valence-electron chi connectivity index (χ4n) is 1.36. The van der Waals surface area contributed by atoms with Gasteiger partial charge in [0.15, 0.2) is 5.78 Å². The number of nitrogens with zero attached hydrogens (tertiary/aromatic N) is 2. The molecule has 1 heterocycles. The van der Waals surface area contributed by atoms with Crippen LogP contribution >= 0.6 is 0 Å². The summed E-state index contributed by atoms with van der Waals surface area (Å²) < 4.78 is 0. The van der Waals surface area contributed by atoms with E-state index in [-0.39, 0.29) is 5.91 Å². The van der Waals surface area contributed by atoms with Crippen molar-refractivity contribution in [3.63, 3.8) is 0 Å². The molecule has 0 aromatic rings. The van der Waals surface area contributed by atoms with Gasteiger partial charge in [0.05, 0.1) is 0 Å². The Morgan fingerprint density at radius 3 is 2.21 bits per heavy atom. The van der Waals surface area contributed by atoms with Crippen molar-refractivity contribution in [2.45, 2.75) is 6.92 Å². The second kappa shape index (κ2) is 4.79. The molecule has 0 atom stereocenters. The minimum atomic E-state index is -0.445. The fraction of sp³-hybridized carbons (Fsp3) is 0.500. The van der Waals surface area contributed by atoms with E-state index in [4.69, 9.17) is 6.92 Å². The van der Waals surface area contributed by atoms with Gasteiger partial charge < -0.3 is 9.80 Å². The first-order chi connectivity index (χ1) is 6.59. The topological polar surface area (TPSA) is 40.6 Å². The first kappa shape index (κ1) is 10.8. The number of rotatable bonds is 2. The zero-order chi connectivity index (χ0) is 10.6. The molecule has 1 aliphatic rings. The molecular weight excluding hydrogens is 180 g/mol. The van der Waals surface area contributed by atoms with Gasteiger partial charge in [-0.05, 0) is 6.08 Å². The summed E-state index contributed by atoms with van der Waals surface area (Å²) in [6.07, 6.45) is 3.02. The summed E-state index contributed by atoms with van der Waals surface area (Å²) in [5.74, 6) is -0.345. The summed E-state index contributed by atoms with van der Waals surface area (Å²) in [7, 11) is 0. The third-order valence-electron chi connectivity index (χ3n) is 2.21. The van der Waals surface area contributed by atoms with Gasteiger partial charge >= 0.3 is 0 Å². The molecule has 1 fully saturated rings. The van der Waals surface area contributed by atoms with Gasteiger partial charge in [-0.3, -0.25) is 9.59 Å². The Labute approximate surface area is 84.2 Å². The maximum Gasteiger partial charge on any atom is 0.219 e. The lowest BCUT2D eigenvalue weighted by molar-refractivity contribution is -0.130. The minimum absolute atomic E-state index is 0.100. The van der Waals surface area contributed by atoms with Crippen molar-refractivity contribution in [2.24, 2.45) is 0 Å². The number of hydrogen-bond donors (Lipinski definition) is 0. The molecule has 0 spiro atoms. The summed E-state index contributed by atoms with van der Waals surface area (Å²) in [6.45, 7) is 9.45. The molecule has 1 saturated heterocycles. The first-order valence-electron chi connectivity index (χ1n) is 4.57. The van der Waals surface area contributed by atoms with Gasteiger partial charge in [-0.2, -0.15) is 0 Å². The Kier molecular flexibility index (Phi) is 3.68. The van der Waals surface area contributed by atoms with Gasteiger partial charge in [0.2, 0.25) is 5.91 Å². The van der Waals surface area contributed by atoms with E-state index in [0.29, 0.717) is 13.1 Å². The maximum atomic E-state index is 11.0. The third kappa shape index (κ3) is 3.20. The predicted octanol–water partition coefficient (Wildman–Crippen LogP) is -0.0556. The summed E-state index contributed by atoms with van der Waals surface area (Å²) in [5.41, 5.74) is 0. The largest absolute Gasteiger partial charge is 0.374 e. The van der Waals surface area contributed by atoms with E-state index >= 15 is 0 Å². The Balaban J connectivity index is 2.36. The molecule has 4 nitrogen and oxygen atoms in total. The van der Waals surface area contributed by atoms with Crippen molar-refractivity contribution in [3.8, 4) is 0 Å². The van der Waals surface area contributed by atoms with Crippen molar-refractivity contribution in [1.82, 2.24) is 9.80 Å². The highest BCUT2D eigenvalue weighted by molar-refractivity contribution is 5.93. The highest BCUT2D eigenvalue weighted by atomic mass is 16.2. The number of allylic oxidation sites excluding steroid dienone is 1. The van der Waals surface area contributed by atoms with Crippen LogP contribution in [0.3, 0.4) is 0 Å². The standard InChI is InChI=1S/C10H14N2O2/c1-9(13)3-4-11-5-7-12(8-6-11)10(2)14/h1,3-4H,5-8H2,2H3/b4-3+. The summed E-state index contributed by atoms with van der Waals surface area (Å²) in [4.78, 5) is 25.2. The van der Waals surface area contributed by atoms with Crippen molar-refractivity contribution in [1.29, 1.82) is 0 Å². The number of carbonyl (C=O) groups excluding carboxylic acids is 2. The van der Waals surface area contributed by atoms with Gasteiger partial charge in [-0.1, -0.05) is 0 Å². The van der Waals surface area contributed by atoms with E-state index in [1.807, 2.05) is 4.90 Å². The summed E-state index contributed by atoms with van der Waals surface area (Å²) in [6, 6.07) is 0. The number of ketones is 1. The Hall–Kier alpha value is -1.32. The van der Waals surface area contributed by atoms with Crippen LogP contribution in [0.2, 0.25) is 0 Å². The molecule has 0 bridgehead atoms. The molecule has 76 valence electrons. The molecule has 14 heavy (non-hydrogen) atoms. The smallest absolute Gasteiger partial charge is 0.219 e. The number of amides is 1. The number of piperazine rings is 1. The van der Waals surface area contributed by atoms with E-state index in [9.17, 15) is 9.59 Å². The average Bonchev–Trinajstić information content (AvgIpc) is 2.15. The average molecular weight is 194 g/mol. The molecule has 0 aromatic heterocycles. The van der Waals surface area contributed by atoms with Gasteiger partial charge in [0.1, 0.15) is 0 Å². The van der Waals surface area contributed by atoms with Gasteiger partial charge in [0.25, 0.3) is 0 Å². The molecule has 0 saturated carbocycles. The minimum Gasteiger partial charge on any atom is -0.374 e. The summed E-state index contributed by atoms with van der Waals surface area (Å²) in [5, 5.41) is 0. The molecule has 0 N–H and O–H groups in total. The lowest BCUT2D eigenvalue weighted by atomic mass is 10.3. The SMILES string of the molecule is [CH]C(=O)/C=C/N1CCN(C(C)=O)CC1. The van der Waals surface area contributed by atoms with Crippen LogP contribution in [0.15, 0.2) is 12.3 Å². The lowest BCUT2D eigenvalue weighted by Crippen LogP contribution is -2.45. The van der Waals surface area contributed by atoms with Crippen LogP contribution in [0.25, 0.3) is 0 Å². The van der Waals surface area contributed by atoms with Gasteiger partial charge in [-0.25, -0.2) is 0 Å². The van der Waals surface area contributed by atoms with Crippen molar-refractivity contribution in [2.75, 3.05) is 26.2 Å². The van der Waals surface area contributed by atoms with Crippen LogP contribution < -0.4 is 0 Å². The molecule has 0 unspecified atom stereocenters. The highest BCUT2D eigenvalue weighted by Gasteiger charge is 2.15. The maximum absolute atomic E-state index is 11.0. The van der Waals surface area contributed by atoms with Crippen LogP contribution in [0, 0.1) is 6.92 Å². The van der Waals surface area contributed by atoms with Crippen LogP contribution in [-0.4, -0.2) is 47.7 Å².